The Kier molecular flexibility index (Phi) is 2.90. The number of allylic oxidation sites excluding steroid dienone is 1. The van der Waals surface area contributed by atoms with E-state index in [1.807, 2.05) is 0 Å². The molecule has 0 saturated heterocycles. The monoisotopic (exact) mass is 216 g/mol. The van der Waals surface area contributed by atoms with Crippen LogP contribution in [0.3, 0.4) is 0 Å². The maximum atomic E-state index is 12.8. The summed E-state index contributed by atoms with van der Waals surface area (Å²) in [6.07, 6.45) is -6.12. The largest absolute Gasteiger partial charge is 0.393 e. The van der Waals surface area contributed by atoms with E-state index in [1.54, 1.807) is 0 Å². The average molecular weight is 217 g/mol. The van der Waals surface area contributed by atoms with E-state index in [9.17, 15) is 17.6 Å². The molecule has 0 amide bonds. The van der Waals surface area contributed by atoms with Crippen LogP contribution in [0.25, 0.3) is 0 Å². The number of alkyl halides is 5. The first-order chi connectivity index (χ1) is 5.84. The number of halogens is 5. The van der Waals surface area contributed by atoms with Crippen LogP contribution in [0.1, 0.15) is 12.8 Å². The topological polar surface area (TPSA) is 0 Å². The summed E-state index contributed by atoms with van der Waals surface area (Å²) in [6, 6.07) is 0. The molecule has 0 bridgehead atoms. The second kappa shape index (κ2) is 3.48. The second-order valence-corrected chi connectivity index (χ2v) is 3.64. The van der Waals surface area contributed by atoms with Gasteiger partial charge in [0.05, 0.1) is 11.3 Å². The Hall–Kier alpha value is -0.250. The summed E-state index contributed by atoms with van der Waals surface area (Å²) >= 11 is 5.45. The molecule has 13 heavy (non-hydrogen) atoms. The molecule has 0 aliphatic heterocycles. The molecule has 5 heteroatoms. The quantitative estimate of drug-likeness (QED) is 0.331. The highest BCUT2D eigenvalue weighted by atomic mass is 35.5. The lowest BCUT2D eigenvalue weighted by Gasteiger charge is -2.32. The van der Waals surface area contributed by atoms with Crippen molar-refractivity contribution in [1.82, 2.24) is 0 Å². The summed E-state index contributed by atoms with van der Waals surface area (Å²) in [5.41, 5.74) is -0.143. The van der Waals surface area contributed by atoms with Gasteiger partial charge in [-0.1, -0.05) is 6.58 Å². The highest BCUT2D eigenvalue weighted by Crippen LogP contribution is 2.42. The van der Waals surface area contributed by atoms with Crippen LogP contribution >= 0.6 is 11.6 Å². The summed E-state index contributed by atoms with van der Waals surface area (Å²) in [4.78, 5) is 0. The molecule has 1 fully saturated rings. The third-order valence-electron chi connectivity index (χ3n) is 2.26. The highest BCUT2D eigenvalue weighted by molar-refractivity contribution is 6.22. The van der Waals surface area contributed by atoms with Crippen molar-refractivity contribution in [2.75, 3.05) is 0 Å². The Morgan fingerprint density at radius 2 is 1.85 bits per heavy atom. The van der Waals surface area contributed by atoms with Gasteiger partial charge in [0.1, 0.15) is 6.17 Å². The molecule has 3 atom stereocenters. The third kappa shape index (κ3) is 2.16. The summed E-state index contributed by atoms with van der Waals surface area (Å²) in [6.45, 7) is 3.23. The molecule has 0 heterocycles. The van der Waals surface area contributed by atoms with Gasteiger partial charge in [0.15, 0.2) is 0 Å². The lowest BCUT2D eigenvalue weighted by molar-refractivity contribution is -0.178. The van der Waals surface area contributed by atoms with Crippen LogP contribution in [0, 0.1) is 5.92 Å². The van der Waals surface area contributed by atoms with Crippen molar-refractivity contribution >= 4 is 11.6 Å². The van der Waals surface area contributed by atoms with E-state index in [0.717, 1.165) is 0 Å². The summed E-state index contributed by atoms with van der Waals surface area (Å²) < 4.78 is 49.6. The fourth-order valence-corrected chi connectivity index (χ4v) is 1.82. The van der Waals surface area contributed by atoms with Gasteiger partial charge < -0.3 is 0 Å². The van der Waals surface area contributed by atoms with Crippen molar-refractivity contribution < 1.29 is 17.6 Å². The van der Waals surface area contributed by atoms with E-state index in [4.69, 9.17) is 11.6 Å². The predicted octanol–water partition coefficient (Wildman–Crippen LogP) is 3.46. The van der Waals surface area contributed by atoms with E-state index in [-0.39, 0.29) is 18.4 Å². The molecule has 1 aliphatic rings. The molecule has 0 aromatic carbocycles. The van der Waals surface area contributed by atoms with Gasteiger partial charge in [-0.05, 0) is 18.4 Å². The van der Waals surface area contributed by atoms with Crippen molar-refractivity contribution in [3.63, 3.8) is 0 Å². The molecular weight excluding hydrogens is 208 g/mol. The van der Waals surface area contributed by atoms with Gasteiger partial charge in [-0.15, -0.1) is 11.6 Å². The van der Waals surface area contributed by atoms with E-state index in [1.165, 1.54) is 0 Å². The van der Waals surface area contributed by atoms with E-state index in [2.05, 4.69) is 6.58 Å². The molecule has 3 unspecified atom stereocenters. The molecular formula is C8H9ClF4. The molecule has 76 valence electrons. The zero-order chi connectivity index (χ0) is 10.2. The lowest BCUT2D eigenvalue weighted by Crippen LogP contribution is -2.38. The van der Waals surface area contributed by atoms with Crippen molar-refractivity contribution in [3.8, 4) is 0 Å². The molecule has 0 spiro atoms. The Bertz CT molecular complexity index is 211. The minimum Gasteiger partial charge on any atom is -0.243 e. The van der Waals surface area contributed by atoms with Crippen LogP contribution in [-0.4, -0.2) is 17.7 Å². The minimum absolute atomic E-state index is 0.133. The zero-order valence-electron chi connectivity index (χ0n) is 6.74. The Labute approximate surface area is 78.6 Å². The van der Waals surface area contributed by atoms with E-state index < -0.39 is 23.6 Å². The molecule has 0 radical (unpaired) electrons. The van der Waals surface area contributed by atoms with Gasteiger partial charge in [0.25, 0.3) is 0 Å². The Morgan fingerprint density at radius 1 is 1.31 bits per heavy atom. The Balaban J connectivity index is 2.76. The zero-order valence-corrected chi connectivity index (χ0v) is 7.50. The summed E-state index contributed by atoms with van der Waals surface area (Å²) in [5, 5.41) is -1.32. The summed E-state index contributed by atoms with van der Waals surface area (Å²) in [5.74, 6) is -1.64. The van der Waals surface area contributed by atoms with Crippen molar-refractivity contribution in [2.24, 2.45) is 5.92 Å². The number of hydrogen-bond donors (Lipinski definition) is 0. The third-order valence-corrected chi connectivity index (χ3v) is 2.85. The van der Waals surface area contributed by atoms with Gasteiger partial charge in [0, 0.05) is 0 Å². The minimum atomic E-state index is -4.35. The maximum Gasteiger partial charge on any atom is 0.393 e. The molecule has 1 aliphatic carbocycles. The maximum absolute atomic E-state index is 12.8. The average Bonchev–Trinajstić information content (AvgIpc) is 1.98. The fourth-order valence-electron chi connectivity index (χ4n) is 1.42. The molecule has 1 saturated carbocycles. The van der Waals surface area contributed by atoms with Crippen LogP contribution in [0.2, 0.25) is 0 Å². The van der Waals surface area contributed by atoms with Crippen molar-refractivity contribution in [3.05, 3.63) is 12.2 Å². The molecule has 1 rings (SSSR count). The molecule has 0 nitrogen and oxygen atoms in total. The standard InChI is InChI=1S/C8H9ClF4/c1-4-6(10)3-2-5(7(4)9)8(11,12)13/h5-7H,1-3H2. The fraction of sp³-hybridized carbons (Fsp3) is 0.750. The SMILES string of the molecule is C=C1C(F)CCC(C(F)(F)F)C1Cl. The van der Waals surface area contributed by atoms with E-state index >= 15 is 0 Å². The highest BCUT2D eigenvalue weighted by Gasteiger charge is 2.48. The molecule has 0 N–H and O–H groups in total. The Morgan fingerprint density at radius 3 is 2.31 bits per heavy atom. The van der Waals surface area contributed by atoms with Crippen LogP contribution in [0.5, 0.6) is 0 Å². The smallest absolute Gasteiger partial charge is 0.243 e. The van der Waals surface area contributed by atoms with Crippen molar-refractivity contribution in [1.29, 1.82) is 0 Å². The summed E-state index contributed by atoms with van der Waals surface area (Å²) in [7, 11) is 0. The van der Waals surface area contributed by atoms with Gasteiger partial charge in [-0.3, -0.25) is 0 Å². The van der Waals surface area contributed by atoms with Gasteiger partial charge >= 0.3 is 6.18 Å². The van der Waals surface area contributed by atoms with Crippen LogP contribution < -0.4 is 0 Å². The first-order valence-corrected chi connectivity index (χ1v) is 4.31. The van der Waals surface area contributed by atoms with Gasteiger partial charge in [-0.25, -0.2) is 4.39 Å². The lowest BCUT2D eigenvalue weighted by atomic mass is 9.84. The van der Waals surface area contributed by atoms with Gasteiger partial charge in [-0.2, -0.15) is 13.2 Å². The molecule has 0 aromatic rings. The number of rotatable bonds is 0. The van der Waals surface area contributed by atoms with Crippen molar-refractivity contribution in [2.45, 2.75) is 30.6 Å². The number of hydrogen-bond acceptors (Lipinski definition) is 0. The van der Waals surface area contributed by atoms with Crippen LogP contribution in [0.15, 0.2) is 12.2 Å². The first kappa shape index (κ1) is 10.8. The van der Waals surface area contributed by atoms with Crippen LogP contribution in [0.4, 0.5) is 17.6 Å². The second-order valence-electron chi connectivity index (χ2n) is 3.17. The van der Waals surface area contributed by atoms with Crippen LogP contribution in [-0.2, 0) is 0 Å². The normalized spacial score (nSPS) is 36.4. The predicted molar refractivity (Wildman–Crippen MR) is 42.5 cm³/mol. The van der Waals surface area contributed by atoms with Gasteiger partial charge in [0.2, 0.25) is 0 Å². The van der Waals surface area contributed by atoms with E-state index in [0.29, 0.717) is 0 Å². The first-order valence-electron chi connectivity index (χ1n) is 3.87. The molecule has 0 aromatic heterocycles.